The van der Waals surface area contributed by atoms with Crippen LogP contribution in [0.25, 0.3) is 0 Å². The fraction of sp³-hybridized carbons (Fsp3) is 0.500. The van der Waals surface area contributed by atoms with E-state index >= 15 is 0 Å². The summed E-state index contributed by atoms with van der Waals surface area (Å²) in [6, 6.07) is 2.07. The number of hydrogen-bond acceptors (Lipinski definition) is 2. The molecule has 3 nitrogen and oxygen atoms in total. The monoisotopic (exact) mass is 210 g/mol. The van der Waals surface area contributed by atoms with Crippen molar-refractivity contribution in [3.63, 3.8) is 0 Å². The number of hydrogen-bond donors (Lipinski definition) is 1. The first kappa shape index (κ1) is 9.52. The summed E-state index contributed by atoms with van der Waals surface area (Å²) in [6.45, 7) is 6.85. The summed E-state index contributed by atoms with van der Waals surface area (Å²) in [7, 11) is 0. The van der Waals surface area contributed by atoms with Gasteiger partial charge in [-0.05, 0) is 32.2 Å². The molecule has 0 unspecified atom stereocenters. The maximum absolute atomic E-state index is 11.7. The minimum Gasteiger partial charge on any atom is -0.315 e. The second-order valence-electron chi connectivity index (χ2n) is 4.46. The Morgan fingerprint density at radius 1 is 1.50 bits per heavy atom. The van der Waals surface area contributed by atoms with E-state index in [1.165, 1.54) is 5.56 Å². The maximum atomic E-state index is 11.7. The number of thiophene rings is 1. The van der Waals surface area contributed by atoms with E-state index in [9.17, 15) is 4.79 Å². The van der Waals surface area contributed by atoms with Crippen LogP contribution in [0.15, 0.2) is 11.4 Å². The Kier molecular flexibility index (Phi) is 2.03. The second-order valence-corrected chi connectivity index (χ2v) is 5.38. The summed E-state index contributed by atoms with van der Waals surface area (Å²) < 4.78 is 0. The lowest BCUT2D eigenvalue weighted by Crippen LogP contribution is -2.49. The van der Waals surface area contributed by atoms with Crippen LogP contribution in [0.5, 0.6) is 0 Å². The lowest BCUT2D eigenvalue weighted by Gasteiger charge is -2.38. The van der Waals surface area contributed by atoms with Gasteiger partial charge in [-0.1, -0.05) is 0 Å². The Morgan fingerprint density at radius 2 is 2.21 bits per heavy atom. The van der Waals surface area contributed by atoms with E-state index < -0.39 is 0 Å². The molecule has 1 aliphatic rings. The Morgan fingerprint density at radius 3 is 2.86 bits per heavy atom. The van der Waals surface area contributed by atoms with Crippen LogP contribution in [-0.2, 0) is 6.54 Å². The molecule has 0 aromatic carbocycles. The average molecular weight is 210 g/mol. The molecule has 1 aromatic heterocycles. The smallest absolute Gasteiger partial charge is 0.315 e. The van der Waals surface area contributed by atoms with Gasteiger partial charge in [0.2, 0.25) is 0 Å². The zero-order chi connectivity index (χ0) is 10.3. The third-order valence-corrected chi connectivity index (χ3v) is 3.22. The molecule has 2 amide bonds. The molecule has 1 aliphatic heterocycles. The molecule has 4 heteroatoms. The Hall–Kier alpha value is -1.03. The van der Waals surface area contributed by atoms with Gasteiger partial charge >= 0.3 is 6.03 Å². The topological polar surface area (TPSA) is 32.3 Å². The van der Waals surface area contributed by atoms with E-state index in [-0.39, 0.29) is 11.6 Å². The minimum atomic E-state index is -0.121. The molecule has 0 atom stereocenters. The number of nitrogens with zero attached hydrogens (tertiary/aromatic N) is 1. The Balaban J connectivity index is 2.31. The van der Waals surface area contributed by atoms with Gasteiger partial charge in [0.15, 0.2) is 0 Å². The van der Waals surface area contributed by atoms with E-state index in [1.54, 1.807) is 11.3 Å². The lowest BCUT2D eigenvalue weighted by molar-refractivity contribution is 0.149. The van der Waals surface area contributed by atoms with Crippen LogP contribution in [0.4, 0.5) is 9.80 Å². The highest BCUT2D eigenvalue weighted by Crippen LogP contribution is 2.31. The van der Waals surface area contributed by atoms with Gasteiger partial charge in [-0.25, -0.2) is 4.79 Å². The molecule has 0 saturated carbocycles. The van der Waals surface area contributed by atoms with Crippen LogP contribution >= 0.6 is 11.3 Å². The predicted octanol–water partition coefficient (Wildman–Crippen LogP) is 2.89. The van der Waals surface area contributed by atoms with Crippen LogP contribution in [-0.4, -0.2) is 16.5 Å². The van der Waals surface area contributed by atoms with Crippen LogP contribution in [0.2, 0.25) is 0 Å². The molecule has 0 saturated heterocycles. The zero-order valence-corrected chi connectivity index (χ0v) is 9.44. The van der Waals surface area contributed by atoms with Crippen molar-refractivity contribution in [1.82, 2.24) is 4.90 Å². The molecule has 0 bridgehead atoms. The molecule has 14 heavy (non-hydrogen) atoms. The van der Waals surface area contributed by atoms with E-state index in [1.807, 2.05) is 31.1 Å². The summed E-state index contributed by atoms with van der Waals surface area (Å²) in [5.41, 5.74) is 1.09. The van der Waals surface area contributed by atoms with E-state index in [2.05, 4.69) is 11.4 Å². The zero-order valence-electron chi connectivity index (χ0n) is 8.63. The molecule has 76 valence electrons. The number of rotatable bonds is 0. The van der Waals surface area contributed by atoms with Crippen LogP contribution in [0.3, 0.4) is 0 Å². The first-order chi connectivity index (χ1) is 6.48. The summed E-state index contributed by atoms with van der Waals surface area (Å²) >= 11 is 1.58. The van der Waals surface area contributed by atoms with Crippen molar-refractivity contribution in [3.05, 3.63) is 17.0 Å². The normalized spacial score (nSPS) is 16.5. The summed E-state index contributed by atoms with van der Waals surface area (Å²) in [5, 5.41) is 5.91. The maximum Gasteiger partial charge on any atom is 0.323 e. The number of amides is 2. The first-order valence-corrected chi connectivity index (χ1v) is 5.51. The van der Waals surface area contributed by atoms with Crippen LogP contribution in [0, 0.1) is 0 Å². The summed E-state index contributed by atoms with van der Waals surface area (Å²) in [6.07, 6.45) is 0. The average Bonchev–Trinajstić information content (AvgIpc) is 2.47. The van der Waals surface area contributed by atoms with Crippen molar-refractivity contribution in [1.29, 1.82) is 0 Å². The van der Waals surface area contributed by atoms with Crippen molar-refractivity contribution >= 4 is 22.4 Å². The Bertz CT molecular complexity index is 364. The van der Waals surface area contributed by atoms with Gasteiger partial charge in [0, 0.05) is 11.1 Å². The van der Waals surface area contributed by atoms with Gasteiger partial charge in [-0.15, -0.1) is 11.3 Å². The van der Waals surface area contributed by atoms with Gasteiger partial charge < -0.3 is 4.90 Å². The lowest BCUT2D eigenvalue weighted by atomic mass is 10.0. The molecule has 2 rings (SSSR count). The number of urea groups is 1. The number of carbonyl (C=O) groups excluding carboxylic acids is 1. The van der Waals surface area contributed by atoms with Crippen molar-refractivity contribution in [2.45, 2.75) is 32.9 Å². The van der Waals surface area contributed by atoms with Gasteiger partial charge in [0.05, 0.1) is 6.54 Å². The third-order valence-electron chi connectivity index (χ3n) is 2.35. The predicted molar refractivity (Wildman–Crippen MR) is 58.6 cm³/mol. The van der Waals surface area contributed by atoms with Crippen LogP contribution in [0.1, 0.15) is 26.3 Å². The highest BCUT2D eigenvalue weighted by Gasteiger charge is 2.31. The fourth-order valence-electron chi connectivity index (χ4n) is 1.52. The Labute approximate surface area is 87.7 Å². The fourth-order valence-corrected chi connectivity index (χ4v) is 2.32. The molecule has 0 fully saturated rings. The quantitative estimate of drug-likeness (QED) is 0.701. The highest BCUT2D eigenvalue weighted by molar-refractivity contribution is 7.14. The molecular formula is C10H14N2OS. The molecule has 0 spiro atoms. The number of fused-ring (bicyclic) bond motifs is 1. The van der Waals surface area contributed by atoms with E-state index in [4.69, 9.17) is 0 Å². The van der Waals surface area contributed by atoms with Gasteiger partial charge in [-0.3, -0.25) is 5.32 Å². The van der Waals surface area contributed by atoms with Gasteiger partial charge in [0.25, 0.3) is 0 Å². The summed E-state index contributed by atoms with van der Waals surface area (Å²) in [4.78, 5) is 13.6. The van der Waals surface area contributed by atoms with Crippen molar-refractivity contribution in [2.24, 2.45) is 0 Å². The number of anilines is 1. The SMILES string of the molecule is CC(C)(C)N1Cc2ccsc2NC1=O. The van der Waals surface area contributed by atoms with Crippen LogP contribution < -0.4 is 5.32 Å². The largest absolute Gasteiger partial charge is 0.323 e. The third kappa shape index (κ3) is 1.50. The molecule has 2 heterocycles. The number of nitrogens with one attached hydrogen (secondary N) is 1. The highest BCUT2D eigenvalue weighted by atomic mass is 32.1. The number of carbonyl (C=O) groups is 1. The van der Waals surface area contributed by atoms with Crippen molar-refractivity contribution in [2.75, 3.05) is 5.32 Å². The van der Waals surface area contributed by atoms with Gasteiger partial charge in [-0.2, -0.15) is 0 Å². The van der Waals surface area contributed by atoms with Crippen molar-refractivity contribution < 1.29 is 4.79 Å². The minimum absolute atomic E-state index is 0.00690. The summed E-state index contributed by atoms with van der Waals surface area (Å²) in [5.74, 6) is 0. The molecular weight excluding hydrogens is 196 g/mol. The molecule has 1 aromatic rings. The second kappa shape index (κ2) is 2.98. The molecule has 0 radical (unpaired) electrons. The first-order valence-electron chi connectivity index (χ1n) is 4.63. The van der Waals surface area contributed by atoms with Gasteiger partial charge in [0.1, 0.15) is 5.00 Å². The van der Waals surface area contributed by atoms with E-state index in [0.717, 1.165) is 5.00 Å². The molecule has 1 N–H and O–H groups in total. The standard InChI is InChI=1S/C10H14N2OS/c1-10(2,3)12-6-7-4-5-14-8(7)11-9(12)13/h4-5H,6H2,1-3H3,(H,11,13). The van der Waals surface area contributed by atoms with Crippen molar-refractivity contribution in [3.8, 4) is 0 Å². The van der Waals surface area contributed by atoms with E-state index in [0.29, 0.717) is 6.54 Å². The molecule has 0 aliphatic carbocycles.